The predicted molar refractivity (Wildman–Crippen MR) is 105 cm³/mol. The fraction of sp³-hybridized carbons (Fsp3) is 0.952. The number of nitrogens with one attached hydrogen (secondary N) is 1. The van der Waals surface area contributed by atoms with Gasteiger partial charge in [-0.3, -0.25) is 4.79 Å². The third kappa shape index (κ3) is 3.36. The van der Waals surface area contributed by atoms with Crippen molar-refractivity contribution in [3.8, 4) is 0 Å². The van der Waals surface area contributed by atoms with Crippen LogP contribution in [0.3, 0.4) is 0 Å². The maximum Gasteiger partial charge on any atom is 0.501 e. The van der Waals surface area contributed by atoms with Crippen molar-refractivity contribution in [3.63, 3.8) is 0 Å². The van der Waals surface area contributed by atoms with Crippen LogP contribution in [0, 0.1) is 17.3 Å². The number of hydrogen-bond donors (Lipinski definition) is 1. The summed E-state index contributed by atoms with van der Waals surface area (Å²) in [5, 5.41) is 3.25. The monoisotopic (exact) mass is 377 g/mol. The van der Waals surface area contributed by atoms with Crippen molar-refractivity contribution in [2.45, 2.75) is 103 Å². The molecule has 0 spiro atoms. The number of carbonyl (C=O) groups is 1. The minimum absolute atomic E-state index is 0.133. The molecule has 0 radical (unpaired) electrons. The maximum atomic E-state index is 12.6. The van der Waals surface area contributed by atoms with E-state index in [1.807, 2.05) is 0 Å². The Labute approximate surface area is 164 Å². The molecule has 6 heteroatoms. The summed E-state index contributed by atoms with van der Waals surface area (Å²) >= 11 is 0. The number of esters is 1. The average Bonchev–Trinajstić information content (AvgIpc) is 3.27. The Morgan fingerprint density at radius 3 is 2.78 bits per heavy atom. The minimum Gasteiger partial charge on any atom is -0.464 e. The summed E-state index contributed by atoms with van der Waals surface area (Å²) in [7, 11) is -0.419. The molecule has 0 aromatic rings. The second kappa shape index (κ2) is 7.35. The van der Waals surface area contributed by atoms with Crippen molar-refractivity contribution in [2.75, 3.05) is 6.54 Å². The average molecular weight is 377 g/mol. The van der Waals surface area contributed by atoms with Crippen LogP contribution >= 0.6 is 0 Å². The first kappa shape index (κ1) is 19.7. The van der Waals surface area contributed by atoms with E-state index in [0.29, 0.717) is 11.3 Å². The van der Waals surface area contributed by atoms with Gasteiger partial charge in [-0.2, -0.15) is 0 Å². The van der Waals surface area contributed by atoms with Gasteiger partial charge in [-0.15, -0.1) is 0 Å². The van der Waals surface area contributed by atoms with E-state index >= 15 is 0 Å². The highest BCUT2D eigenvalue weighted by atomic mass is 16.7. The van der Waals surface area contributed by atoms with Crippen LogP contribution in [0.2, 0.25) is 0 Å². The Morgan fingerprint density at radius 1 is 1.30 bits per heavy atom. The molecule has 3 saturated carbocycles. The molecular weight excluding hydrogens is 341 g/mol. The summed E-state index contributed by atoms with van der Waals surface area (Å²) in [6.45, 7) is 10.1. The molecule has 1 N–H and O–H groups in total. The van der Waals surface area contributed by atoms with Gasteiger partial charge < -0.3 is 19.4 Å². The van der Waals surface area contributed by atoms with Crippen LogP contribution in [-0.2, 0) is 18.8 Å². The number of carbonyl (C=O) groups excluding carboxylic acids is 1. The zero-order chi connectivity index (χ0) is 19.2. The molecule has 5 aliphatic rings. The van der Waals surface area contributed by atoms with Gasteiger partial charge >= 0.3 is 13.1 Å². The molecule has 0 amide bonds. The zero-order valence-corrected chi connectivity index (χ0v) is 17.5. The van der Waals surface area contributed by atoms with Gasteiger partial charge in [0.05, 0.1) is 11.7 Å². The molecule has 152 valence electrons. The smallest absolute Gasteiger partial charge is 0.464 e. The van der Waals surface area contributed by atoms with E-state index in [1.165, 1.54) is 6.42 Å². The van der Waals surface area contributed by atoms with Crippen LogP contribution in [0.4, 0.5) is 0 Å². The van der Waals surface area contributed by atoms with E-state index in [4.69, 9.17) is 14.0 Å². The summed E-state index contributed by atoms with van der Waals surface area (Å²) in [5.74, 6) is 1.12. The molecular formula is C21H36BNO4. The van der Waals surface area contributed by atoms with Crippen LogP contribution in [-0.4, -0.2) is 43.4 Å². The van der Waals surface area contributed by atoms with Gasteiger partial charge in [-0.1, -0.05) is 40.0 Å². The predicted octanol–water partition coefficient (Wildman–Crippen LogP) is 3.50. The second-order valence-electron chi connectivity index (χ2n) is 9.96. The summed E-state index contributed by atoms with van der Waals surface area (Å²) in [5.41, 5.74) is 0.0790. The van der Waals surface area contributed by atoms with E-state index in [0.717, 1.165) is 57.4 Å². The van der Waals surface area contributed by atoms with Crippen LogP contribution in [0.25, 0.3) is 0 Å². The summed E-state index contributed by atoms with van der Waals surface area (Å²) in [6.07, 6.45) is 8.48. The number of rotatable bonds is 7. The lowest BCUT2D eigenvalue weighted by Gasteiger charge is -2.64. The van der Waals surface area contributed by atoms with Crippen molar-refractivity contribution >= 4 is 13.1 Å². The second-order valence-corrected chi connectivity index (χ2v) is 9.96. The normalized spacial score (nSPS) is 40.4. The molecule has 0 aromatic heterocycles. The minimum atomic E-state index is -0.419. The van der Waals surface area contributed by atoms with E-state index in [1.54, 1.807) is 0 Å². The summed E-state index contributed by atoms with van der Waals surface area (Å²) in [4.78, 5) is 12.6. The van der Waals surface area contributed by atoms with Gasteiger partial charge in [0.25, 0.3) is 0 Å². The maximum absolute atomic E-state index is 12.6. The molecule has 2 saturated heterocycles. The Kier molecular flexibility index (Phi) is 5.36. The van der Waals surface area contributed by atoms with Crippen molar-refractivity contribution < 1.29 is 18.8 Å². The van der Waals surface area contributed by atoms with Gasteiger partial charge in [0, 0.05) is 0 Å². The molecule has 0 aromatic carbocycles. The molecule has 27 heavy (non-hydrogen) atoms. The number of unbranched alkanes of at least 4 members (excludes halogenated alkanes) is 2. The standard InChI is InChI=1S/C21H36BNO4/c1-5-6-7-10-18(25-19(24)15-9-8-11-23-15)22-26-17-13-14-12-16(20(14,2)3)21(17,4)27-22/h14-18,23H,5-13H2,1-4H3/t14?,15?,16?,17?,18?,21-/m0/s1. The zero-order valence-electron chi connectivity index (χ0n) is 17.5. The Morgan fingerprint density at radius 2 is 2.11 bits per heavy atom. The third-order valence-corrected chi connectivity index (χ3v) is 7.98. The highest BCUT2D eigenvalue weighted by Crippen LogP contribution is 2.65. The van der Waals surface area contributed by atoms with Crippen molar-refractivity contribution in [1.29, 1.82) is 0 Å². The molecule has 3 aliphatic carbocycles. The lowest BCUT2D eigenvalue weighted by molar-refractivity contribution is -0.199. The van der Waals surface area contributed by atoms with E-state index in [-0.39, 0.29) is 29.7 Å². The van der Waals surface area contributed by atoms with Crippen molar-refractivity contribution in [2.24, 2.45) is 17.3 Å². The largest absolute Gasteiger partial charge is 0.501 e. The third-order valence-electron chi connectivity index (χ3n) is 7.98. The Hall–Kier alpha value is -0.585. The number of hydrogen-bond acceptors (Lipinski definition) is 5. The first-order chi connectivity index (χ1) is 12.9. The van der Waals surface area contributed by atoms with Crippen LogP contribution in [0.1, 0.15) is 79.1 Å². The van der Waals surface area contributed by atoms with Gasteiger partial charge in [-0.05, 0) is 62.8 Å². The van der Waals surface area contributed by atoms with Gasteiger partial charge in [0.1, 0.15) is 12.0 Å². The fourth-order valence-corrected chi connectivity index (χ4v) is 6.02. The topological polar surface area (TPSA) is 56.8 Å². The van der Waals surface area contributed by atoms with Gasteiger partial charge in [0.2, 0.25) is 0 Å². The summed E-state index contributed by atoms with van der Waals surface area (Å²) in [6, 6.07) is -0.459. The van der Waals surface area contributed by atoms with E-state index in [9.17, 15) is 4.79 Å². The highest BCUT2D eigenvalue weighted by molar-refractivity contribution is 6.47. The van der Waals surface area contributed by atoms with Crippen LogP contribution < -0.4 is 5.32 Å². The van der Waals surface area contributed by atoms with E-state index in [2.05, 4.69) is 33.0 Å². The van der Waals surface area contributed by atoms with Gasteiger partial charge in [0.15, 0.2) is 0 Å². The fourth-order valence-electron chi connectivity index (χ4n) is 6.02. The molecule has 2 bridgehead atoms. The SMILES string of the molecule is CCCCCC(OC(=O)C1CCCN1)B1OC2CC3CC(C3(C)C)[C@]2(C)O1. The molecule has 5 rings (SSSR count). The quantitative estimate of drug-likeness (QED) is 0.418. The lowest BCUT2D eigenvalue weighted by Crippen LogP contribution is -2.65. The Balaban J connectivity index is 1.44. The molecule has 2 aliphatic heterocycles. The van der Waals surface area contributed by atoms with E-state index < -0.39 is 7.12 Å². The Bertz CT molecular complexity index is 564. The van der Waals surface area contributed by atoms with Crippen LogP contribution in [0.5, 0.6) is 0 Å². The molecule has 5 nitrogen and oxygen atoms in total. The first-order valence-corrected chi connectivity index (χ1v) is 11.1. The first-order valence-electron chi connectivity index (χ1n) is 11.1. The van der Waals surface area contributed by atoms with Crippen molar-refractivity contribution in [1.82, 2.24) is 5.32 Å². The van der Waals surface area contributed by atoms with Crippen molar-refractivity contribution in [3.05, 3.63) is 0 Å². The number of ether oxygens (including phenoxy) is 1. The molecule has 2 heterocycles. The summed E-state index contributed by atoms with van der Waals surface area (Å²) < 4.78 is 18.9. The molecule has 5 unspecified atom stereocenters. The van der Waals surface area contributed by atoms with Crippen LogP contribution in [0.15, 0.2) is 0 Å². The highest BCUT2D eigenvalue weighted by Gasteiger charge is 2.68. The molecule has 5 fully saturated rings. The molecule has 6 atom stereocenters. The lowest BCUT2D eigenvalue weighted by atomic mass is 9.43. The van der Waals surface area contributed by atoms with Gasteiger partial charge in [-0.25, -0.2) is 0 Å².